The Labute approximate surface area is 98.8 Å². The van der Waals surface area contributed by atoms with Gasteiger partial charge in [-0.15, -0.1) is 0 Å². The predicted octanol–water partition coefficient (Wildman–Crippen LogP) is 1.73. The molecule has 0 aromatic heterocycles. The second-order valence-electron chi connectivity index (χ2n) is 5.48. The summed E-state index contributed by atoms with van der Waals surface area (Å²) in [5, 5.41) is 0. The third-order valence-electron chi connectivity index (χ3n) is 4.11. The van der Waals surface area contributed by atoms with Crippen LogP contribution in [0.5, 0.6) is 0 Å². The van der Waals surface area contributed by atoms with Crippen molar-refractivity contribution in [2.24, 2.45) is 5.92 Å². The molecule has 92 valence electrons. The number of hydrogen-bond donors (Lipinski definition) is 0. The lowest BCUT2D eigenvalue weighted by molar-refractivity contribution is -0.130. The van der Waals surface area contributed by atoms with Crippen LogP contribution in [-0.2, 0) is 4.79 Å². The Morgan fingerprint density at radius 2 is 1.81 bits per heavy atom. The standard InChI is InChI=1S/C13H24N2O/c1-11-4-3-7-15(10-11)13-5-8-14(9-6-13)12(2)16/h11,13H,3-10H2,1-2H3. The Hall–Kier alpha value is -0.570. The summed E-state index contributed by atoms with van der Waals surface area (Å²) in [5.74, 6) is 1.10. The van der Waals surface area contributed by atoms with Gasteiger partial charge in [0.15, 0.2) is 0 Å². The Morgan fingerprint density at radius 1 is 1.12 bits per heavy atom. The van der Waals surface area contributed by atoms with Crippen molar-refractivity contribution in [2.45, 2.75) is 45.6 Å². The second kappa shape index (κ2) is 5.17. The topological polar surface area (TPSA) is 23.6 Å². The molecule has 3 heteroatoms. The van der Waals surface area contributed by atoms with Crippen LogP contribution in [0, 0.1) is 5.92 Å². The Balaban J connectivity index is 1.81. The number of carbonyl (C=O) groups excluding carboxylic acids is 1. The molecule has 0 aliphatic carbocycles. The SMILES string of the molecule is CC(=O)N1CCC(N2CCCC(C)C2)CC1. The lowest BCUT2D eigenvalue weighted by Crippen LogP contribution is -2.49. The summed E-state index contributed by atoms with van der Waals surface area (Å²) in [4.78, 5) is 15.9. The molecule has 0 aromatic rings. The molecule has 0 radical (unpaired) electrons. The van der Waals surface area contributed by atoms with Crippen molar-refractivity contribution in [2.75, 3.05) is 26.2 Å². The maximum Gasteiger partial charge on any atom is 0.219 e. The zero-order chi connectivity index (χ0) is 11.5. The van der Waals surface area contributed by atoms with Crippen LogP contribution in [0.25, 0.3) is 0 Å². The maximum atomic E-state index is 11.2. The van der Waals surface area contributed by atoms with Gasteiger partial charge in [-0.1, -0.05) is 6.92 Å². The molecule has 1 atom stereocenters. The zero-order valence-electron chi connectivity index (χ0n) is 10.6. The highest BCUT2D eigenvalue weighted by Gasteiger charge is 2.27. The van der Waals surface area contributed by atoms with Crippen LogP contribution in [0.3, 0.4) is 0 Å². The fraction of sp³-hybridized carbons (Fsp3) is 0.923. The van der Waals surface area contributed by atoms with E-state index in [1.165, 1.54) is 38.8 Å². The molecule has 2 heterocycles. The number of carbonyl (C=O) groups is 1. The second-order valence-corrected chi connectivity index (χ2v) is 5.48. The van der Waals surface area contributed by atoms with E-state index in [2.05, 4.69) is 11.8 Å². The summed E-state index contributed by atoms with van der Waals surface area (Å²) < 4.78 is 0. The van der Waals surface area contributed by atoms with Gasteiger partial charge >= 0.3 is 0 Å². The lowest BCUT2D eigenvalue weighted by Gasteiger charge is -2.41. The van der Waals surface area contributed by atoms with Crippen molar-refractivity contribution < 1.29 is 4.79 Å². The van der Waals surface area contributed by atoms with Crippen LogP contribution in [0.1, 0.15) is 39.5 Å². The van der Waals surface area contributed by atoms with Crippen LogP contribution in [0.2, 0.25) is 0 Å². The van der Waals surface area contributed by atoms with E-state index in [0.717, 1.165) is 25.0 Å². The van der Waals surface area contributed by atoms with Gasteiger partial charge in [0.25, 0.3) is 0 Å². The first-order chi connectivity index (χ1) is 7.66. The van der Waals surface area contributed by atoms with Crippen molar-refractivity contribution in [1.29, 1.82) is 0 Å². The first kappa shape index (κ1) is 11.9. The van der Waals surface area contributed by atoms with Gasteiger partial charge in [-0.3, -0.25) is 9.69 Å². The molecule has 0 spiro atoms. The molecule has 2 saturated heterocycles. The summed E-state index contributed by atoms with van der Waals surface area (Å²) in [6.45, 7) is 8.51. The van der Waals surface area contributed by atoms with E-state index in [1.807, 2.05) is 4.90 Å². The summed E-state index contributed by atoms with van der Waals surface area (Å²) in [6.07, 6.45) is 5.09. The van der Waals surface area contributed by atoms with Gasteiger partial charge < -0.3 is 4.90 Å². The highest BCUT2D eigenvalue weighted by atomic mass is 16.2. The van der Waals surface area contributed by atoms with Crippen LogP contribution < -0.4 is 0 Å². The van der Waals surface area contributed by atoms with E-state index in [0.29, 0.717) is 0 Å². The van der Waals surface area contributed by atoms with E-state index in [-0.39, 0.29) is 5.91 Å². The van der Waals surface area contributed by atoms with Gasteiger partial charge in [-0.05, 0) is 38.1 Å². The van der Waals surface area contributed by atoms with E-state index in [1.54, 1.807) is 6.92 Å². The number of rotatable bonds is 1. The number of hydrogen-bond acceptors (Lipinski definition) is 2. The van der Waals surface area contributed by atoms with Crippen molar-refractivity contribution in [3.63, 3.8) is 0 Å². The fourth-order valence-electron chi connectivity index (χ4n) is 3.10. The normalized spacial score (nSPS) is 29.4. The fourth-order valence-corrected chi connectivity index (χ4v) is 3.10. The summed E-state index contributed by atoms with van der Waals surface area (Å²) in [6, 6.07) is 0.735. The van der Waals surface area contributed by atoms with Gasteiger partial charge in [0.1, 0.15) is 0 Å². The Bertz CT molecular complexity index is 246. The summed E-state index contributed by atoms with van der Waals surface area (Å²) in [7, 11) is 0. The van der Waals surface area contributed by atoms with Gasteiger partial charge in [-0.2, -0.15) is 0 Å². The van der Waals surface area contributed by atoms with Crippen molar-refractivity contribution >= 4 is 5.91 Å². The van der Waals surface area contributed by atoms with Crippen molar-refractivity contribution in [3.05, 3.63) is 0 Å². The smallest absolute Gasteiger partial charge is 0.219 e. The van der Waals surface area contributed by atoms with Gasteiger partial charge in [-0.25, -0.2) is 0 Å². The van der Waals surface area contributed by atoms with Gasteiger partial charge in [0.05, 0.1) is 0 Å². The van der Waals surface area contributed by atoms with Gasteiger partial charge in [0, 0.05) is 32.6 Å². The minimum Gasteiger partial charge on any atom is -0.343 e. The van der Waals surface area contributed by atoms with E-state index >= 15 is 0 Å². The monoisotopic (exact) mass is 224 g/mol. The molecule has 1 amide bonds. The highest BCUT2D eigenvalue weighted by molar-refractivity contribution is 5.73. The molecule has 0 aromatic carbocycles. The molecular formula is C13H24N2O. The lowest BCUT2D eigenvalue weighted by atomic mass is 9.95. The molecule has 0 saturated carbocycles. The first-order valence-corrected chi connectivity index (χ1v) is 6.66. The highest BCUT2D eigenvalue weighted by Crippen LogP contribution is 2.23. The zero-order valence-corrected chi connectivity index (χ0v) is 10.6. The number of nitrogens with zero attached hydrogens (tertiary/aromatic N) is 2. The summed E-state index contributed by atoms with van der Waals surface area (Å²) in [5.41, 5.74) is 0. The largest absolute Gasteiger partial charge is 0.343 e. The summed E-state index contributed by atoms with van der Waals surface area (Å²) >= 11 is 0. The number of piperidine rings is 2. The quantitative estimate of drug-likeness (QED) is 0.677. The molecule has 0 bridgehead atoms. The molecule has 2 aliphatic heterocycles. The Morgan fingerprint density at radius 3 is 2.38 bits per heavy atom. The molecule has 2 rings (SSSR count). The molecule has 2 fully saturated rings. The van der Waals surface area contributed by atoms with Crippen molar-refractivity contribution in [1.82, 2.24) is 9.80 Å². The van der Waals surface area contributed by atoms with E-state index < -0.39 is 0 Å². The minimum atomic E-state index is 0.241. The molecule has 3 nitrogen and oxygen atoms in total. The third-order valence-corrected chi connectivity index (χ3v) is 4.11. The third kappa shape index (κ3) is 2.76. The maximum absolute atomic E-state index is 11.2. The average Bonchev–Trinajstić information content (AvgIpc) is 2.29. The number of likely N-dealkylation sites (tertiary alicyclic amines) is 2. The van der Waals surface area contributed by atoms with E-state index in [9.17, 15) is 4.79 Å². The van der Waals surface area contributed by atoms with Crippen LogP contribution in [0.4, 0.5) is 0 Å². The minimum absolute atomic E-state index is 0.241. The average molecular weight is 224 g/mol. The van der Waals surface area contributed by atoms with Crippen LogP contribution in [0.15, 0.2) is 0 Å². The first-order valence-electron chi connectivity index (χ1n) is 6.66. The predicted molar refractivity (Wildman–Crippen MR) is 65.2 cm³/mol. The molecule has 2 aliphatic rings. The molecule has 1 unspecified atom stereocenters. The van der Waals surface area contributed by atoms with Crippen molar-refractivity contribution in [3.8, 4) is 0 Å². The molecule has 0 N–H and O–H groups in total. The molecular weight excluding hydrogens is 200 g/mol. The molecule has 16 heavy (non-hydrogen) atoms. The number of amides is 1. The van der Waals surface area contributed by atoms with Gasteiger partial charge in [0.2, 0.25) is 5.91 Å². The van der Waals surface area contributed by atoms with Crippen LogP contribution in [-0.4, -0.2) is 47.9 Å². The Kier molecular flexibility index (Phi) is 3.85. The van der Waals surface area contributed by atoms with Crippen LogP contribution >= 0.6 is 0 Å². The van der Waals surface area contributed by atoms with E-state index in [4.69, 9.17) is 0 Å².